The summed E-state index contributed by atoms with van der Waals surface area (Å²) in [4.78, 5) is 0. The van der Waals surface area contributed by atoms with Gasteiger partial charge in [0.05, 0.1) is 12.6 Å². The summed E-state index contributed by atoms with van der Waals surface area (Å²) in [6.07, 6.45) is 2.15. The van der Waals surface area contributed by atoms with Crippen molar-refractivity contribution in [3.8, 4) is 11.5 Å². The zero-order valence-electron chi connectivity index (χ0n) is 8.73. The average Bonchev–Trinajstić information content (AvgIpc) is 2.95. The van der Waals surface area contributed by atoms with Crippen LogP contribution in [0.5, 0.6) is 11.5 Å². The highest BCUT2D eigenvalue weighted by atomic mass is 35.5. The Hall–Kier alpha value is -0.930. The molecule has 4 heteroatoms. The minimum absolute atomic E-state index is 0. The molecule has 15 heavy (non-hydrogen) atoms. The van der Waals surface area contributed by atoms with Crippen molar-refractivity contribution in [1.82, 2.24) is 0 Å². The van der Waals surface area contributed by atoms with Crippen LogP contribution in [-0.2, 0) is 0 Å². The minimum Gasteiger partial charge on any atom is -0.497 e. The molecule has 0 saturated heterocycles. The molecule has 0 spiro atoms. The van der Waals surface area contributed by atoms with Crippen LogP contribution in [0.2, 0.25) is 0 Å². The summed E-state index contributed by atoms with van der Waals surface area (Å²) in [5.74, 6) is 1.69. The predicted octanol–water partition coefficient (Wildman–Crippen LogP) is 1.99. The number of methoxy groups -OCH3 is 1. The molecule has 1 aromatic carbocycles. The van der Waals surface area contributed by atoms with Gasteiger partial charge in [-0.25, -0.2) is 0 Å². The van der Waals surface area contributed by atoms with Gasteiger partial charge >= 0.3 is 0 Å². The number of hydrogen-bond acceptors (Lipinski definition) is 3. The van der Waals surface area contributed by atoms with Crippen molar-refractivity contribution in [2.24, 2.45) is 5.73 Å². The molecular formula is C11H16ClNO2. The number of halogens is 1. The molecule has 0 atom stereocenters. The molecule has 1 fully saturated rings. The number of ether oxygens (including phenoxy) is 2. The van der Waals surface area contributed by atoms with Crippen LogP contribution in [0.3, 0.4) is 0 Å². The Morgan fingerprint density at radius 3 is 2.20 bits per heavy atom. The van der Waals surface area contributed by atoms with Gasteiger partial charge in [-0.2, -0.15) is 0 Å². The molecule has 0 heterocycles. The van der Waals surface area contributed by atoms with Crippen molar-refractivity contribution in [3.63, 3.8) is 0 Å². The van der Waals surface area contributed by atoms with Crippen LogP contribution in [0.4, 0.5) is 0 Å². The van der Waals surface area contributed by atoms with Gasteiger partial charge in [0.1, 0.15) is 18.1 Å². The van der Waals surface area contributed by atoms with Crippen LogP contribution in [0.1, 0.15) is 12.8 Å². The van der Waals surface area contributed by atoms with Crippen LogP contribution in [0.15, 0.2) is 24.3 Å². The van der Waals surface area contributed by atoms with E-state index in [9.17, 15) is 0 Å². The first-order chi connectivity index (χ1) is 6.72. The first-order valence-corrected chi connectivity index (χ1v) is 4.78. The topological polar surface area (TPSA) is 44.5 Å². The summed E-state index contributed by atoms with van der Waals surface area (Å²) >= 11 is 0. The van der Waals surface area contributed by atoms with Gasteiger partial charge in [0, 0.05) is 0 Å². The van der Waals surface area contributed by atoms with E-state index in [0.29, 0.717) is 6.61 Å². The largest absolute Gasteiger partial charge is 0.497 e. The first-order valence-electron chi connectivity index (χ1n) is 4.78. The predicted molar refractivity (Wildman–Crippen MR) is 61.9 cm³/mol. The van der Waals surface area contributed by atoms with Crippen molar-refractivity contribution in [1.29, 1.82) is 0 Å². The summed E-state index contributed by atoms with van der Waals surface area (Å²) in [7, 11) is 1.65. The lowest BCUT2D eigenvalue weighted by molar-refractivity contribution is 0.279. The first kappa shape index (κ1) is 12.1. The maximum absolute atomic E-state index is 5.90. The van der Waals surface area contributed by atoms with E-state index in [-0.39, 0.29) is 17.9 Å². The highest BCUT2D eigenvalue weighted by molar-refractivity contribution is 5.85. The summed E-state index contributed by atoms with van der Waals surface area (Å²) in [6.45, 7) is 0.610. The maximum atomic E-state index is 5.90. The van der Waals surface area contributed by atoms with Gasteiger partial charge in [-0.15, -0.1) is 12.4 Å². The van der Waals surface area contributed by atoms with Crippen LogP contribution in [0.25, 0.3) is 0 Å². The van der Waals surface area contributed by atoms with Crippen LogP contribution in [-0.4, -0.2) is 19.3 Å². The Kier molecular flexibility index (Phi) is 3.83. The van der Waals surface area contributed by atoms with Gasteiger partial charge in [0.15, 0.2) is 0 Å². The van der Waals surface area contributed by atoms with E-state index < -0.39 is 0 Å². The molecule has 0 radical (unpaired) electrons. The molecule has 1 aliphatic rings. The molecule has 0 aliphatic heterocycles. The monoisotopic (exact) mass is 229 g/mol. The third-order valence-electron chi connectivity index (χ3n) is 2.48. The summed E-state index contributed by atoms with van der Waals surface area (Å²) < 4.78 is 10.6. The van der Waals surface area contributed by atoms with Gasteiger partial charge in [-0.05, 0) is 37.1 Å². The van der Waals surface area contributed by atoms with E-state index in [0.717, 1.165) is 24.3 Å². The molecule has 1 saturated carbocycles. The van der Waals surface area contributed by atoms with E-state index in [1.54, 1.807) is 7.11 Å². The van der Waals surface area contributed by atoms with E-state index in [4.69, 9.17) is 15.2 Å². The summed E-state index contributed by atoms with van der Waals surface area (Å²) in [5, 5.41) is 0. The van der Waals surface area contributed by atoms with E-state index in [1.807, 2.05) is 24.3 Å². The molecule has 2 rings (SSSR count). The molecule has 3 nitrogen and oxygen atoms in total. The minimum atomic E-state index is -0.0556. The fourth-order valence-corrected chi connectivity index (χ4v) is 1.20. The Bertz CT molecular complexity index is 309. The third-order valence-corrected chi connectivity index (χ3v) is 2.48. The maximum Gasteiger partial charge on any atom is 0.119 e. The second-order valence-electron chi connectivity index (χ2n) is 3.83. The second-order valence-corrected chi connectivity index (χ2v) is 3.83. The Morgan fingerprint density at radius 1 is 1.20 bits per heavy atom. The molecule has 0 amide bonds. The molecule has 84 valence electrons. The molecule has 0 unspecified atom stereocenters. The van der Waals surface area contributed by atoms with Gasteiger partial charge in [-0.1, -0.05) is 0 Å². The molecule has 0 aromatic heterocycles. The number of nitrogens with two attached hydrogens (primary N) is 1. The van der Waals surface area contributed by atoms with Crippen molar-refractivity contribution >= 4 is 12.4 Å². The van der Waals surface area contributed by atoms with Crippen LogP contribution < -0.4 is 15.2 Å². The highest BCUT2D eigenvalue weighted by Gasteiger charge is 2.39. The lowest BCUT2D eigenvalue weighted by Crippen LogP contribution is -2.29. The average molecular weight is 230 g/mol. The van der Waals surface area contributed by atoms with Gasteiger partial charge < -0.3 is 15.2 Å². The Labute approximate surface area is 96.0 Å². The van der Waals surface area contributed by atoms with E-state index in [1.165, 1.54) is 0 Å². The normalized spacial score (nSPS) is 16.4. The van der Waals surface area contributed by atoms with Crippen molar-refractivity contribution in [2.45, 2.75) is 18.4 Å². The molecular weight excluding hydrogens is 214 g/mol. The zero-order valence-corrected chi connectivity index (χ0v) is 9.55. The standard InChI is InChI=1S/C11H15NO2.ClH/c1-13-9-2-4-10(5-3-9)14-8-11(12)6-7-11;/h2-5H,6-8,12H2,1H3;1H. The van der Waals surface area contributed by atoms with Crippen molar-refractivity contribution in [2.75, 3.05) is 13.7 Å². The molecule has 2 N–H and O–H groups in total. The molecule has 0 bridgehead atoms. The lowest BCUT2D eigenvalue weighted by Gasteiger charge is -2.11. The summed E-state index contributed by atoms with van der Waals surface area (Å²) in [5.41, 5.74) is 5.85. The lowest BCUT2D eigenvalue weighted by atomic mass is 10.3. The number of benzene rings is 1. The van der Waals surface area contributed by atoms with E-state index >= 15 is 0 Å². The van der Waals surface area contributed by atoms with Gasteiger partial charge in [0.25, 0.3) is 0 Å². The SMILES string of the molecule is COc1ccc(OCC2(N)CC2)cc1.Cl. The number of rotatable bonds is 4. The van der Waals surface area contributed by atoms with Crippen molar-refractivity contribution in [3.05, 3.63) is 24.3 Å². The Morgan fingerprint density at radius 2 is 1.73 bits per heavy atom. The quantitative estimate of drug-likeness (QED) is 0.859. The van der Waals surface area contributed by atoms with Crippen molar-refractivity contribution < 1.29 is 9.47 Å². The zero-order chi connectivity index (χ0) is 10.0. The smallest absolute Gasteiger partial charge is 0.119 e. The van der Waals surface area contributed by atoms with Gasteiger partial charge in [-0.3, -0.25) is 0 Å². The molecule has 1 aromatic rings. The number of hydrogen-bond donors (Lipinski definition) is 1. The Balaban J connectivity index is 0.00000112. The fraction of sp³-hybridized carbons (Fsp3) is 0.455. The molecule has 1 aliphatic carbocycles. The van der Waals surface area contributed by atoms with Gasteiger partial charge in [0.2, 0.25) is 0 Å². The fourth-order valence-electron chi connectivity index (χ4n) is 1.20. The third kappa shape index (κ3) is 3.29. The second kappa shape index (κ2) is 4.73. The summed E-state index contributed by atoms with van der Waals surface area (Å²) in [6, 6.07) is 7.55. The highest BCUT2D eigenvalue weighted by Crippen LogP contribution is 2.32. The van der Waals surface area contributed by atoms with Crippen LogP contribution >= 0.6 is 12.4 Å². The van der Waals surface area contributed by atoms with E-state index in [2.05, 4.69) is 0 Å². The van der Waals surface area contributed by atoms with Crippen LogP contribution in [0, 0.1) is 0 Å².